The maximum atomic E-state index is 11.0. The van der Waals surface area contributed by atoms with Crippen molar-refractivity contribution in [3.05, 3.63) is 0 Å². The van der Waals surface area contributed by atoms with E-state index in [0.29, 0.717) is 13.0 Å². The van der Waals surface area contributed by atoms with Crippen molar-refractivity contribution in [2.75, 3.05) is 33.5 Å². The van der Waals surface area contributed by atoms with Gasteiger partial charge in [0.25, 0.3) is 0 Å². The second-order valence-corrected chi connectivity index (χ2v) is 3.42. The first kappa shape index (κ1) is 15.9. The van der Waals surface area contributed by atoms with Crippen molar-refractivity contribution in [3.63, 3.8) is 0 Å². The van der Waals surface area contributed by atoms with Crippen LogP contribution in [-0.4, -0.2) is 51.6 Å². The van der Waals surface area contributed by atoms with Crippen molar-refractivity contribution in [2.45, 2.75) is 26.4 Å². The van der Waals surface area contributed by atoms with Crippen LogP contribution in [0.15, 0.2) is 0 Å². The predicted octanol–water partition coefficient (Wildman–Crippen LogP) is 1.17. The fraction of sp³-hybridized carbons (Fsp3) is 0.818. The monoisotopic (exact) mass is 248 g/mol. The normalized spacial score (nSPS) is 11.9. The molecule has 1 unspecified atom stereocenters. The van der Waals surface area contributed by atoms with E-state index in [9.17, 15) is 9.59 Å². The molecule has 0 bridgehead atoms. The lowest BCUT2D eigenvalue weighted by Gasteiger charge is -2.10. The smallest absolute Gasteiger partial charge is 0.434 e. The molecule has 0 rings (SSSR count). The number of Topliss-reactive ketones (excluding diaryl/α,β-unsaturated/α-hetero) is 1. The summed E-state index contributed by atoms with van der Waals surface area (Å²) in [6, 6.07) is 0. The topological polar surface area (TPSA) is 71.1 Å². The highest BCUT2D eigenvalue weighted by Gasteiger charge is 2.08. The summed E-state index contributed by atoms with van der Waals surface area (Å²) >= 11 is 0. The van der Waals surface area contributed by atoms with Crippen LogP contribution >= 0.6 is 0 Å². The lowest BCUT2D eigenvalue weighted by molar-refractivity contribution is -0.127. The van der Waals surface area contributed by atoms with E-state index in [4.69, 9.17) is 18.9 Å². The summed E-state index contributed by atoms with van der Waals surface area (Å²) in [7, 11) is 1.58. The fourth-order valence-electron chi connectivity index (χ4n) is 0.868. The Morgan fingerprint density at radius 2 is 1.71 bits per heavy atom. The van der Waals surface area contributed by atoms with Gasteiger partial charge < -0.3 is 18.9 Å². The quantitative estimate of drug-likeness (QED) is 0.450. The minimum absolute atomic E-state index is 0.0628. The second kappa shape index (κ2) is 10.0. The van der Waals surface area contributed by atoms with Crippen LogP contribution in [-0.2, 0) is 23.7 Å². The molecule has 0 aromatic rings. The van der Waals surface area contributed by atoms with E-state index >= 15 is 0 Å². The highest BCUT2D eigenvalue weighted by atomic mass is 16.7. The molecule has 0 aliphatic rings. The molecule has 0 aromatic heterocycles. The Balaban J connectivity index is 3.36. The summed E-state index contributed by atoms with van der Waals surface area (Å²) < 4.78 is 19.3. The molecule has 100 valence electrons. The Kier molecular flexibility index (Phi) is 9.37. The van der Waals surface area contributed by atoms with Gasteiger partial charge in [0.2, 0.25) is 0 Å². The Morgan fingerprint density at radius 1 is 1.06 bits per heavy atom. The molecule has 0 aromatic carbocycles. The number of carbonyl (C=O) groups excluding carboxylic acids is 2. The first-order valence-corrected chi connectivity index (χ1v) is 5.48. The maximum absolute atomic E-state index is 11.0. The van der Waals surface area contributed by atoms with Gasteiger partial charge >= 0.3 is 6.16 Å². The van der Waals surface area contributed by atoms with Crippen molar-refractivity contribution < 1.29 is 28.5 Å². The number of ether oxygens (including phenoxy) is 4. The number of rotatable bonds is 9. The first-order valence-electron chi connectivity index (χ1n) is 5.48. The zero-order valence-electron chi connectivity index (χ0n) is 10.6. The number of ketones is 1. The maximum Gasteiger partial charge on any atom is 0.508 e. The molecule has 0 amide bonds. The van der Waals surface area contributed by atoms with Crippen molar-refractivity contribution in [2.24, 2.45) is 0 Å². The minimum atomic E-state index is -0.736. The van der Waals surface area contributed by atoms with Gasteiger partial charge in [0.1, 0.15) is 12.7 Å². The molecule has 6 heteroatoms. The third-order valence-electron chi connectivity index (χ3n) is 1.96. The van der Waals surface area contributed by atoms with E-state index in [0.717, 1.165) is 0 Å². The third-order valence-corrected chi connectivity index (χ3v) is 1.96. The van der Waals surface area contributed by atoms with Gasteiger partial charge in [0.15, 0.2) is 5.78 Å². The molecule has 1 atom stereocenters. The Morgan fingerprint density at radius 3 is 2.29 bits per heavy atom. The molecule has 0 spiro atoms. The lowest BCUT2D eigenvalue weighted by atomic mass is 10.3. The van der Waals surface area contributed by atoms with Gasteiger partial charge in [-0.2, -0.15) is 0 Å². The van der Waals surface area contributed by atoms with Crippen molar-refractivity contribution >= 4 is 11.9 Å². The van der Waals surface area contributed by atoms with Crippen LogP contribution < -0.4 is 0 Å². The molecule has 17 heavy (non-hydrogen) atoms. The van der Waals surface area contributed by atoms with Crippen LogP contribution in [0.2, 0.25) is 0 Å². The van der Waals surface area contributed by atoms with Crippen molar-refractivity contribution in [1.82, 2.24) is 0 Å². The number of hydrogen-bond donors (Lipinski definition) is 0. The zero-order chi connectivity index (χ0) is 13.1. The summed E-state index contributed by atoms with van der Waals surface area (Å²) in [5.41, 5.74) is 0. The second-order valence-electron chi connectivity index (χ2n) is 3.42. The zero-order valence-corrected chi connectivity index (χ0v) is 10.6. The van der Waals surface area contributed by atoms with Crippen LogP contribution in [0.3, 0.4) is 0 Å². The highest BCUT2D eigenvalue weighted by molar-refractivity contribution is 5.79. The molecule has 0 fully saturated rings. The molecule has 0 heterocycles. The van der Waals surface area contributed by atoms with Gasteiger partial charge in [0, 0.05) is 20.1 Å². The lowest BCUT2D eigenvalue weighted by Crippen LogP contribution is -2.21. The van der Waals surface area contributed by atoms with Crippen LogP contribution in [0.1, 0.15) is 20.3 Å². The van der Waals surface area contributed by atoms with E-state index in [1.165, 1.54) is 6.92 Å². The molecular weight excluding hydrogens is 228 g/mol. The van der Waals surface area contributed by atoms with Crippen LogP contribution in [0.5, 0.6) is 0 Å². The van der Waals surface area contributed by atoms with Crippen molar-refractivity contribution in [1.29, 1.82) is 0 Å². The van der Waals surface area contributed by atoms with E-state index in [-0.39, 0.29) is 25.6 Å². The molecule has 0 saturated heterocycles. The number of hydrogen-bond acceptors (Lipinski definition) is 6. The summed E-state index contributed by atoms with van der Waals surface area (Å²) in [4.78, 5) is 21.8. The Bertz CT molecular complexity index is 228. The molecule has 0 N–H and O–H groups in total. The van der Waals surface area contributed by atoms with Crippen LogP contribution in [0.4, 0.5) is 4.79 Å². The van der Waals surface area contributed by atoms with Gasteiger partial charge in [-0.05, 0) is 13.8 Å². The Labute approximate surface area is 101 Å². The van der Waals surface area contributed by atoms with E-state index in [1.807, 2.05) is 0 Å². The van der Waals surface area contributed by atoms with Crippen molar-refractivity contribution in [3.8, 4) is 0 Å². The van der Waals surface area contributed by atoms with Gasteiger partial charge in [-0.15, -0.1) is 0 Å². The summed E-state index contributed by atoms with van der Waals surface area (Å²) in [5, 5.41) is 0. The molecule has 0 radical (unpaired) electrons. The molecule has 0 aliphatic heterocycles. The van der Waals surface area contributed by atoms with Gasteiger partial charge in [-0.25, -0.2) is 4.79 Å². The van der Waals surface area contributed by atoms with Gasteiger partial charge in [-0.1, -0.05) is 0 Å². The fourth-order valence-corrected chi connectivity index (χ4v) is 0.868. The summed E-state index contributed by atoms with van der Waals surface area (Å²) in [6.07, 6.45) is -0.583. The third kappa shape index (κ3) is 9.77. The number of carbonyl (C=O) groups is 2. The minimum Gasteiger partial charge on any atom is -0.434 e. The highest BCUT2D eigenvalue weighted by Crippen LogP contribution is 1.93. The predicted molar refractivity (Wildman–Crippen MR) is 59.9 cm³/mol. The van der Waals surface area contributed by atoms with E-state index in [2.05, 4.69) is 0 Å². The molecular formula is C11H20O6. The largest absolute Gasteiger partial charge is 0.508 e. The van der Waals surface area contributed by atoms with E-state index < -0.39 is 12.3 Å². The summed E-state index contributed by atoms with van der Waals surface area (Å²) in [6.45, 7) is 4.12. The molecule has 6 nitrogen and oxygen atoms in total. The van der Waals surface area contributed by atoms with E-state index in [1.54, 1.807) is 14.0 Å². The molecule has 0 aliphatic carbocycles. The van der Waals surface area contributed by atoms with Crippen LogP contribution in [0.25, 0.3) is 0 Å². The average Bonchev–Trinajstić information content (AvgIpc) is 2.29. The van der Waals surface area contributed by atoms with Gasteiger partial charge in [0.05, 0.1) is 13.2 Å². The Hall–Kier alpha value is -1.14. The first-order chi connectivity index (χ1) is 8.07. The van der Waals surface area contributed by atoms with Crippen LogP contribution in [0, 0.1) is 0 Å². The average molecular weight is 248 g/mol. The number of methoxy groups -OCH3 is 1. The summed E-state index contributed by atoms with van der Waals surface area (Å²) in [5.74, 6) is -0.0628. The molecule has 0 saturated carbocycles. The SMILES string of the molecule is COCCCOC(=O)OCCOC(C)C(C)=O. The van der Waals surface area contributed by atoms with Gasteiger partial charge in [-0.3, -0.25) is 4.79 Å². The standard InChI is InChI=1S/C11H20O6/c1-9(12)10(2)15-7-8-17-11(13)16-6-4-5-14-3/h10H,4-8H2,1-3H3.